The molecule has 2 N–H and O–H groups in total. The van der Waals surface area contributed by atoms with Gasteiger partial charge < -0.3 is 20.1 Å². The Kier molecular flexibility index (Phi) is 5.37. The number of imidazole rings is 1. The molecule has 0 unspecified atom stereocenters. The number of benzene rings is 1. The molecule has 0 amide bonds. The number of aryl methyl sites for hydroxylation is 1. The summed E-state index contributed by atoms with van der Waals surface area (Å²) >= 11 is 0. The molecule has 8 nitrogen and oxygen atoms in total. The van der Waals surface area contributed by atoms with Crippen LogP contribution in [0.5, 0.6) is 0 Å². The summed E-state index contributed by atoms with van der Waals surface area (Å²) in [5.41, 5.74) is 7.40. The minimum atomic E-state index is -0.311. The Morgan fingerprint density at radius 2 is 1.86 bits per heavy atom. The molecule has 0 aliphatic carbocycles. The first-order valence-corrected chi connectivity index (χ1v) is 9.47. The van der Waals surface area contributed by atoms with Crippen molar-refractivity contribution in [1.29, 1.82) is 0 Å². The molecule has 1 aliphatic rings. The van der Waals surface area contributed by atoms with Gasteiger partial charge in [-0.05, 0) is 30.7 Å². The normalized spacial score (nSPS) is 15.0. The first-order valence-electron chi connectivity index (χ1n) is 9.47. The predicted octanol–water partition coefficient (Wildman–Crippen LogP) is 1.75. The zero-order valence-electron chi connectivity index (χ0n) is 16.2. The number of piperazine rings is 1. The van der Waals surface area contributed by atoms with Crippen molar-refractivity contribution in [3.8, 4) is 5.69 Å². The molecule has 3 aromatic rings. The third-order valence-corrected chi connectivity index (χ3v) is 4.96. The van der Waals surface area contributed by atoms with E-state index in [1.165, 1.54) is 6.07 Å². The lowest BCUT2D eigenvalue weighted by molar-refractivity contribution is 0.378. The number of anilines is 1. The molecule has 3 heterocycles. The first kappa shape index (κ1) is 18.9. The van der Waals surface area contributed by atoms with Gasteiger partial charge in [0.05, 0.1) is 12.2 Å². The summed E-state index contributed by atoms with van der Waals surface area (Å²) in [7, 11) is 0. The van der Waals surface area contributed by atoms with Gasteiger partial charge in [0.15, 0.2) is 5.96 Å². The van der Waals surface area contributed by atoms with Crippen molar-refractivity contribution in [2.24, 2.45) is 10.7 Å². The average Bonchev–Trinajstić information content (AvgIpc) is 3.18. The van der Waals surface area contributed by atoms with Crippen LogP contribution in [0.15, 0.2) is 54.0 Å². The molecule has 0 atom stereocenters. The summed E-state index contributed by atoms with van der Waals surface area (Å²) in [6.07, 6.45) is 6.87. The van der Waals surface area contributed by atoms with Gasteiger partial charge in [-0.25, -0.2) is 24.3 Å². The Labute approximate surface area is 168 Å². The Balaban J connectivity index is 1.37. The maximum Gasteiger partial charge on any atom is 0.225 e. The number of halogens is 1. The van der Waals surface area contributed by atoms with E-state index in [2.05, 4.69) is 24.8 Å². The van der Waals surface area contributed by atoms with Crippen LogP contribution >= 0.6 is 0 Å². The number of hydrogen-bond donors (Lipinski definition) is 1. The maximum atomic E-state index is 14.5. The van der Waals surface area contributed by atoms with Crippen LogP contribution in [-0.2, 0) is 6.54 Å². The van der Waals surface area contributed by atoms with E-state index in [0.29, 0.717) is 18.2 Å². The van der Waals surface area contributed by atoms with Crippen molar-refractivity contribution in [2.75, 3.05) is 31.1 Å². The van der Waals surface area contributed by atoms with Crippen LogP contribution < -0.4 is 10.6 Å². The lowest BCUT2D eigenvalue weighted by atomic mass is 10.2. The smallest absolute Gasteiger partial charge is 0.225 e. The molecular weight excluding hydrogens is 371 g/mol. The summed E-state index contributed by atoms with van der Waals surface area (Å²) in [6, 6.07) is 6.90. The summed E-state index contributed by atoms with van der Waals surface area (Å²) in [5.74, 6) is 1.62. The van der Waals surface area contributed by atoms with Crippen LogP contribution in [0.2, 0.25) is 0 Å². The number of hydrogen-bond acceptors (Lipinski definition) is 5. The Morgan fingerprint density at radius 3 is 2.52 bits per heavy atom. The van der Waals surface area contributed by atoms with Gasteiger partial charge in [-0.1, -0.05) is 6.07 Å². The van der Waals surface area contributed by atoms with Crippen molar-refractivity contribution in [1.82, 2.24) is 24.4 Å². The second-order valence-corrected chi connectivity index (χ2v) is 6.83. The van der Waals surface area contributed by atoms with E-state index >= 15 is 0 Å². The van der Waals surface area contributed by atoms with Crippen LogP contribution in [0.3, 0.4) is 0 Å². The highest BCUT2D eigenvalue weighted by Gasteiger charge is 2.19. The van der Waals surface area contributed by atoms with Crippen molar-refractivity contribution in [3.63, 3.8) is 0 Å². The number of rotatable bonds is 4. The van der Waals surface area contributed by atoms with Gasteiger partial charge in [0.1, 0.15) is 11.6 Å². The van der Waals surface area contributed by atoms with Crippen molar-refractivity contribution >= 4 is 11.9 Å². The van der Waals surface area contributed by atoms with E-state index < -0.39 is 0 Å². The van der Waals surface area contributed by atoms with E-state index in [9.17, 15) is 4.39 Å². The molecule has 0 bridgehead atoms. The van der Waals surface area contributed by atoms with E-state index in [0.717, 1.165) is 43.5 Å². The van der Waals surface area contributed by atoms with Gasteiger partial charge in [-0.15, -0.1) is 0 Å². The van der Waals surface area contributed by atoms with Gasteiger partial charge in [-0.2, -0.15) is 0 Å². The van der Waals surface area contributed by atoms with Crippen LogP contribution in [0.25, 0.3) is 5.69 Å². The zero-order chi connectivity index (χ0) is 20.2. The molecule has 0 radical (unpaired) electrons. The van der Waals surface area contributed by atoms with Gasteiger partial charge in [0, 0.05) is 51.0 Å². The first-order chi connectivity index (χ1) is 14.1. The number of nitrogens with zero attached hydrogens (tertiary/aromatic N) is 7. The highest BCUT2D eigenvalue weighted by atomic mass is 19.1. The monoisotopic (exact) mass is 394 g/mol. The number of aliphatic imine (C=N–C) groups is 1. The summed E-state index contributed by atoms with van der Waals surface area (Å²) < 4.78 is 16.2. The fourth-order valence-corrected chi connectivity index (χ4v) is 3.34. The fourth-order valence-electron chi connectivity index (χ4n) is 3.34. The van der Waals surface area contributed by atoms with Gasteiger partial charge >= 0.3 is 0 Å². The van der Waals surface area contributed by atoms with Crippen LogP contribution in [0.4, 0.5) is 10.3 Å². The van der Waals surface area contributed by atoms with Gasteiger partial charge in [-0.3, -0.25) is 0 Å². The molecule has 1 saturated heterocycles. The minimum absolute atomic E-state index is 0.311. The van der Waals surface area contributed by atoms with E-state index in [1.54, 1.807) is 41.5 Å². The molecule has 0 spiro atoms. The molecule has 29 heavy (non-hydrogen) atoms. The van der Waals surface area contributed by atoms with Gasteiger partial charge in [0.2, 0.25) is 5.95 Å². The van der Waals surface area contributed by atoms with Gasteiger partial charge in [0.25, 0.3) is 0 Å². The third-order valence-electron chi connectivity index (χ3n) is 4.96. The summed E-state index contributed by atoms with van der Waals surface area (Å²) in [6.45, 7) is 5.18. The Hall–Kier alpha value is -3.49. The predicted molar refractivity (Wildman–Crippen MR) is 109 cm³/mol. The zero-order valence-corrected chi connectivity index (χ0v) is 16.2. The molecule has 1 fully saturated rings. The van der Waals surface area contributed by atoms with Crippen LogP contribution in [-0.4, -0.2) is 56.6 Å². The largest absolute Gasteiger partial charge is 0.370 e. The Bertz CT molecular complexity index is 993. The summed E-state index contributed by atoms with van der Waals surface area (Å²) in [4.78, 5) is 21.3. The highest BCUT2D eigenvalue weighted by Crippen LogP contribution is 2.17. The van der Waals surface area contributed by atoms with E-state index in [1.807, 2.05) is 17.9 Å². The second-order valence-electron chi connectivity index (χ2n) is 6.83. The second kappa shape index (κ2) is 8.26. The maximum absolute atomic E-state index is 14.5. The number of guanidine groups is 1. The van der Waals surface area contributed by atoms with E-state index in [-0.39, 0.29) is 5.82 Å². The third kappa shape index (κ3) is 4.18. The van der Waals surface area contributed by atoms with Crippen LogP contribution in [0.1, 0.15) is 11.4 Å². The molecule has 4 rings (SSSR count). The van der Waals surface area contributed by atoms with Crippen molar-refractivity contribution in [3.05, 3.63) is 66.3 Å². The number of aromatic nitrogens is 4. The van der Waals surface area contributed by atoms with E-state index in [4.69, 9.17) is 5.73 Å². The quantitative estimate of drug-likeness (QED) is 0.536. The average molecular weight is 394 g/mol. The molecular formula is C20H23FN8. The molecule has 150 valence electrons. The lowest BCUT2D eigenvalue weighted by Gasteiger charge is -2.35. The standard InChI is InChI=1S/C20H23FN8/c1-15-23-7-8-29(15)18-4-3-16(13-17(18)21)14-26-19(22)27-9-11-28(12-10-27)20-24-5-2-6-25-20/h2-8,13H,9-12,14H2,1H3,(H2,22,26). The molecule has 9 heteroatoms. The van der Waals surface area contributed by atoms with Crippen molar-refractivity contribution in [2.45, 2.75) is 13.5 Å². The summed E-state index contributed by atoms with van der Waals surface area (Å²) in [5, 5.41) is 0. The fraction of sp³-hybridized carbons (Fsp3) is 0.300. The molecule has 1 aliphatic heterocycles. The van der Waals surface area contributed by atoms with Crippen molar-refractivity contribution < 1.29 is 4.39 Å². The molecule has 2 aromatic heterocycles. The van der Waals surface area contributed by atoms with Crippen LogP contribution in [0, 0.1) is 12.7 Å². The SMILES string of the molecule is Cc1nccn1-c1ccc(CN=C(N)N2CCN(c3ncccn3)CC2)cc1F. The number of nitrogens with two attached hydrogens (primary N) is 1. The Morgan fingerprint density at radius 1 is 1.10 bits per heavy atom. The highest BCUT2D eigenvalue weighted by molar-refractivity contribution is 5.78. The minimum Gasteiger partial charge on any atom is -0.370 e. The molecule has 0 saturated carbocycles. The lowest BCUT2D eigenvalue weighted by Crippen LogP contribution is -2.51. The topological polar surface area (TPSA) is 88.5 Å². The molecule has 1 aromatic carbocycles.